The van der Waals surface area contributed by atoms with Gasteiger partial charge in [0.25, 0.3) is 0 Å². The Hall–Kier alpha value is -4.14. The number of pyridine rings is 1. The molecule has 1 atom stereocenters. The van der Waals surface area contributed by atoms with E-state index in [0.29, 0.717) is 11.3 Å². The van der Waals surface area contributed by atoms with Gasteiger partial charge in [-0.2, -0.15) is 0 Å². The van der Waals surface area contributed by atoms with Gasteiger partial charge in [-0.1, -0.05) is 12.1 Å². The quantitative estimate of drug-likeness (QED) is 0.264. The fourth-order valence-corrected chi connectivity index (χ4v) is 2.95. The second kappa shape index (κ2) is 11.5. The second-order valence-corrected chi connectivity index (χ2v) is 7.11. The standard InChI is InChI=1S/C24H25F2N5O2/c1-3-18(26)22(20(28)13-19(27)15-7-9-16(25)10-8-15)14(2)24(33)31-21(23(29)32)12-17-6-4-5-11-30-17/h3-11,13,21,27H,12,28H2,1-2H3,(H2,29,32)(H,31,33)/b18-3+,20-13?,22-14-,27-19?/t21-/m0/s1. The Kier molecular flexibility index (Phi) is 8.73. The number of benzene rings is 1. The Morgan fingerprint density at radius 3 is 2.39 bits per heavy atom. The van der Waals surface area contributed by atoms with Crippen LogP contribution in [0.25, 0.3) is 0 Å². The molecular weight excluding hydrogens is 428 g/mol. The van der Waals surface area contributed by atoms with Crippen LogP contribution in [-0.4, -0.2) is 28.6 Å². The summed E-state index contributed by atoms with van der Waals surface area (Å²) in [5.41, 5.74) is 11.7. The van der Waals surface area contributed by atoms with Gasteiger partial charge in [-0.25, -0.2) is 8.78 Å². The van der Waals surface area contributed by atoms with Crippen LogP contribution >= 0.6 is 0 Å². The zero-order chi connectivity index (χ0) is 24.5. The van der Waals surface area contributed by atoms with Crippen LogP contribution in [0.3, 0.4) is 0 Å². The van der Waals surface area contributed by atoms with Crippen molar-refractivity contribution in [1.29, 1.82) is 5.41 Å². The Morgan fingerprint density at radius 2 is 1.85 bits per heavy atom. The lowest BCUT2D eigenvalue weighted by atomic mass is 10.0. The van der Waals surface area contributed by atoms with Crippen LogP contribution in [0, 0.1) is 11.2 Å². The van der Waals surface area contributed by atoms with Crippen LogP contribution in [0.15, 0.2) is 83.5 Å². The molecular formula is C24H25F2N5O2. The molecule has 0 saturated heterocycles. The van der Waals surface area contributed by atoms with Crippen molar-refractivity contribution in [3.63, 3.8) is 0 Å². The van der Waals surface area contributed by atoms with E-state index in [2.05, 4.69) is 10.3 Å². The van der Waals surface area contributed by atoms with Crippen molar-refractivity contribution in [1.82, 2.24) is 10.3 Å². The first-order valence-corrected chi connectivity index (χ1v) is 9.99. The molecule has 0 aliphatic carbocycles. The molecule has 33 heavy (non-hydrogen) atoms. The average Bonchev–Trinajstić information content (AvgIpc) is 2.79. The third kappa shape index (κ3) is 6.93. The Labute approximate surface area is 190 Å². The van der Waals surface area contributed by atoms with Gasteiger partial charge in [0.2, 0.25) is 11.8 Å². The highest BCUT2D eigenvalue weighted by atomic mass is 19.1. The molecule has 7 nitrogen and oxygen atoms in total. The maximum Gasteiger partial charge on any atom is 0.248 e. The van der Waals surface area contributed by atoms with E-state index < -0.39 is 29.5 Å². The molecule has 0 spiro atoms. The molecule has 2 amide bonds. The normalized spacial score (nSPS) is 13.7. The largest absolute Gasteiger partial charge is 0.398 e. The van der Waals surface area contributed by atoms with E-state index >= 15 is 0 Å². The first-order chi connectivity index (χ1) is 15.6. The lowest BCUT2D eigenvalue weighted by Gasteiger charge is -2.17. The van der Waals surface area contributed by atoms with Crippen LogP contribution in [0.2, 0.25) is 0 Å². The summed E-state index contributed by atoms with van der Waals surface area (Å²) in [5, 5.41) is 10.6. The molecule has 6 N–H and O–H groups in total. The van der Waals surface area contributed by atoms with E-state index in [4.69, 9.17) is 16.9 Å². The smallest absolute Gasteiger partial charge is 0.248 e. The number of aromatic nitrogens is 1. The summed E-state index contributed by atoms with van der Waals surface area (Å²) < 4.78 is 27.8. The van der Waals surface area contributed by atoms with E-state index in [1.54, 1.807) is 24.4 Å². The molecule has 1 aromatic heterocycles. The van der Waals surface area contributed by atoms with Gasteiger partial charge in [0, 0.05) is 35.2 Å². The number of carbonyl (C=O) groups is 2. The highest BCUT2D eigenvalue weighted by Crippen LogP contribution is 2.23. The molecule has 2 aromatic rings. The molecule has 9 heteroatoms. The minimum Gasteiger partial charge on any atom is -0.398 e. The molecule has 2 rings (SSSR count). The van der Waals surface area contributed by atoms with E-state index in [1.165, 1.54) is 44.2 Å². The fraction of sp³-hybridized carbons (Fsp3) is 0.167. The molecule has 0 aliphatic rings. The molecule has 0 unspecified atom stereocenters. The van der Waals surface area contributed by atoms with Crippen molar-refractivity contribution in [2.24, 2.45) is 11.5 Å². The SMILES string of the molecule is C/C=C(F)\C(C(N)=CC(=N)c1ccc(F)cc1)=C(/C)C(=O)N[C@@H](Cc1ccccn1)C(N)=O. The number of primary amides is 1. The number of amides is 2. The topological polar surface area (TPSA) is 135 Å². The molecule has 0 aliphatic heterocycles. The first kappa shape index (κ1) is 25.1. The second-order valence-electron chi connectivity index (χ2n) is 7.11. The lowest BCUT2D eigenvalue weighted by molar-refractivity contribution is -0.125. The molecule has 0 radical (unpaired) electrons. The molecule has 0 fully saturated rings. The summed E-state index contributed by atoms with van der Waals surface area (Å²) >= 11 is 0. The molecule has 172 valence electrons. The number of nitrogens with two attached hydrogens (primary N) is 2. The maximum absolute atomic E-state index is 14.7. The van der Waals surface area contributed by atoms with E-state index in [9.17, 15) is 18.4 Å². The van der Waals surface area contributed by atoms with Gasteiger partial charge < -0.3 is 22.2 Å². The number of rotatable bonds is 9. The average molecular weight is 453 g/mol. The predicted molar refractivity (Wildman–Crippen MR) is 122 cm³/mol. The monoisotopic (exact) mass is 453 g/mol. The van der Waals surface area contributed by atoms with Crippen molar-refractivity contribution in [3.05, 3.63) is 101 Å². The zero-order valence-electron chi connectivity index (χ0n) is 18.2. The van der Waals surface area contributed by atoms with Crippen LogP contribution < -0.4 is 16.8 Å². The highest BCUT2D eigenvalue weighted by Gasteiger charge is 2.23. The summed E-state index contributed by atoms with van der Waals surface area (Å²) in [6, 6.07) is 9.16. The Morgan fingerprint density at radius 1 is 1.18 bits per heavy atom. The van der Waals surface area contributed by atoms with Crippen molar-refractivity contribution in [3.8, 4) is 0 Å². The third-order valence-electron chi connectivity index (χ3n) is 4.74. The van der Waals surface area contributed by atoms with Crippen LogP contribution in [0.4, 0.5) is 8.78 Å². The van der Waals surface area contributed by atoms with Gasteiger partial charge in [0.05, 0.1) is 5.71 Å². The van der Waals surface area contributed by atoms with E-state index in [1.807, 2.05) is 0 Å². The first-order valence-electron chi connectivity index (χ1n) is 9.99. The van der Waals surface area contributed by atoms with Crippen molar-refractivity contribution >= 4 is 17.5 Å². The van der Waals surface area contributed by atoms with Gasteiger partial charge in [0.1, 0.15) is 17.7 Å². The van der Waals surface area contributed by atoms with E-state index in [0.717, 1.165) is 6.08 Å². The molecule has 1 heterocycles. The number of hydrogen-bond donors (Lipinski definition) is 4. The van der Waals surface area contributed by atoms with Crippen molar-refractivity contribution in [2.75, 3.05) is 0 Å². The summed E-state index contributed by atoms with van der Waals surface area (Å²) in [7, 11) is 0. The molecule has 0 bridgehead atoms. The van der Waals surface area contributed by atoms with Crippen molar-refractivity contribution in [2.45, 2.75) is 26.3 Å². The summed E-state index contributed by atoms with van der Waals surface area (Å²) in [6.07, 6.45) is 3.88. The fourth-order valence-electron chi connectivity index (χ4n) is 2.95. The van der Waals surface area contributed by atoms with Gasteiger partial charge in [0.15, 0.2) is 0 Å². The van der Waals surface area contributed by atoms with Crippen LogP contribution in [0.1, 0.15) is 25.1 Å². The highest BCUT2D eigenvalue weighted by molar-refractivity contribution is 6.07. The Balaban J connectivity index is 2.35. The number of hydrogen-bond acceptors (Lipinski definition) is 5. The van der Waals surface area contributed by atoms with E-state index in [-0.39, 0.29) is 29.0 Å². The molecule has 0 saturated carbocycles. The lowest BCUT2D eigenvalue weighted by Crippen LogP contribution is -2.46. The minimum absolute atomic E-state index is 0.0527. The number of nitrogens with one attached hydrogen (secondary N) is 2. The van der Waals surface area contributed by atoms with Crippen molar-refractivity contribution < 1.29 is 18.4 Å². The number of halogens is 2. The summed E-state index contributed by atoms with van der Waals surface area (Å²) in [4.78, 5) is 28.8. The van der Waals surface area contributed by atoms with Gasteiger partial charge >= 0.3 is 0 Å². The number of nitrogens with zero attached hydrogens (tertiary/aromatic N) is 1. The summed E-state index contributed by atoms with van der Waals surface area (Å²) in [5.74, 6) is -2.79. The van der Waals surface area contributed by atoms with Gasteiger partial charge in [-0.05, 0) is 61.9 Å². The van der Waals surface area contributed by atoms with Gasteiger partial charge in [-0.3, -0.25) is 14.6 Å². The minimum atomic E-state index is -1.08. The van der Waals surface area contributed by atoms with Crippen LogP contribution in [0.5, 0.6) is 0 Å². The Bertz CT molecular complexity index is 1120. The summed E-state index contributed by atoms with van der Waals surface area (Å²) in [6.45, 7) is 2.77. The predicted octanol–water partition coefficient (Wildman–Crippen LogP) is 2.83. The van der Waals surface area contributed by atoms with Gasteiger partial charge in [-0.15, -0.1) is 0 Å². The van der Waals surface area contributed by atoms with Crippen LogP contribution in [-0.2, 0) is 16.0 Å². The maximum atomic E-state index is 14.7. The third-order valence-corrected chi connectivity index (χ3v) is 4.74. The number of allylic oxidation sites excluding steroid dienone is 3. The number of carbonyl (C=O) groups excluding carboxylic acids is 2. The zero-order valence-corrected chi connectivity index (χ0v) is 18.2. The molecule has 1 aromatic carbocycles.